The van der Waals surface area contributed by atoms with E-state index < -0.39 is 24.3 Å². The molecule has 0 saturated carbocycles. The first-order valence-electron chi connectivity index (χ1n) is 8.33. The Morgan fingerprint density at radius 1 is 1.18 bits per heavy atom. The second kappa shape index (κ2) is 9.09. The number of aromatic nitrogens is 1. The molecule has 0 aliphatic rings. The zero-order chi connectivity index (χ0) is 19.9. The van der Waals surface area contributed by atoms with Crippen LogP contribution >= 0.6 is 11.3 Å². The number of hydrogen-bond acceptors (Lipinski definition) is 6. The number of halogens is 1. The van der Waals surface area contributed by atoms with Gasteiger partial charge in [0.25, 0.3) is 5.91 Å². The zero-order valence-electron chi connectivity index (χ0n) is 15.0. The molecule has 144 valence electrons. The molecular formula is C20H17FN2O4S. The number of rotatable bonds is 7. The lowest BCUT2D eigenvalue weighted by molar-refractivity contribution is -0.146. The highest BCUT2D eigenvalue weighted by atomic mass is 32.1. The third-order valence-corrected chi connectivity index (χ3v) is 4.63. The molecule has 1 N–H and O–H groups in total. The Morgan fingerprint density at radius 2 is 1.96 bits per heavy atom. The largest absolute Gasteiger partial charge is 0.497 e. The summed E-state index contributed by atoms with van der Waals surface area (Å²) in [6.07, 6.45) is -0.0418. The zero-order valence-corrected chi connectivity index (χ0v) is 15.8. The molecule has 1 amide bonds. The standard InChI is InChI=1S/C20H17FN2O4S/c1-26-17-7-5-13(6-8-17)20-23-16(12-28-20)10-19(25)27-11-18(24)22-15-4-2-3-14(21)9-15/h2-9,12H,10-11H2,1H3,(H,22,24). The van der Waals surface area contributed by atoms with Gasteiger partial charge < -0.3 is 14.8 Å². The molecule has 3 rings (SSSR count). The predicted molar refractivity (Wildman–Crippen MR) is 104 cm³/mol. The SMILES string of the molecule is COc1ccc(-c2nc(CC(=O)OCC(=O)Nc3cccc(F)c3)cs2)cc1. The van der Waals surface area contributed by atoms with Crippen molar-refractivity contribution in [2.24, 2.45) is 0 Å². The number of hydrogen-bond donors (Lipinski definition) is 1. The average molecular weight is 400 g/mol. The fourth-order valence-electron chi connectivity index (χ4n) is 2.36. The Kier molecular flexibility index (Phi) is 6.33. The number of methoxy groups -OCH3 is 1. The van der Waals surface area contributed by atoms with Gasteiger partial charge in [-0.1, -0.05) is 6.07 Å². The lowest BCUT2D eigenvalue weighted by atomic mass is 10.2. The molecule has 0 saturated heterocycles. The van der Waals surface area contributed by atoms with E-state index in [-0.39, 0.29) is 6.42 Å². The van der Waals surface area contributed by atoms with E-state index in [9.17, 15) is 14.0 Å². The molecule has 1 aromatic heterocycles. The number of nitrogens with zero attached hydrogens (tertiary/aromatic N) is 1. The number of ether oxygens (including phenoxy) is 2. The van der Waals surface area contributed by atoms with E-state index in [4.69, 9.17) is 9.47 Å². The van der Waals surface area contributed by atoms with E-state index in [0.29, 0.717) is 11.4 Å². The van der Waals surface area contributed by atoms with Crippen LogP contribution in [0.5, 0.6) is 5.75 Å². The Balaban J connectivity index is 1.49. The van der Waals surface area contributed by atoms with E-state index in [1.54, 1.807) is 18.6 Å². The van der Waals surface area contributed by atoms with Gasteiger partial charge in [-0.3, -0.25) is 9.59 Å². The number of amides is 1. The molecule has 28 heavy (non-hydrogen) atoms. The highest BCUT2D eigenvalue weighted by Crippen LogP contribution is 2.25. The number of esters is 1. The first-order valence-corrected chi connectivity index (χ1v) is 9.21. The Bertz CT molecular complexity index is 972. The minimum Gasteiger partial charge on any atom is -0.497 e. The number of carbonyl (C=O) groups excluding carboxylic acids is 2. The van der Waals surface area contributed by atoms with Gasteiger partial charge in [0, 0.05) is 16.6 Å². The highest BCUT2D eigenvalue weighted by Gasteiger charge is 2.12. The molecule has 0 spiro atoms. The summed E-state index contributed by atoms with van der Waals surface area (Å²) in [4.78, 5) is 28.1. The molecule has 2 aromatic carbocycles. The Hall–Kier alpha value is -3.26. The maximum absolute atomic E-state index is 13.1. The van der Waals surface area contributed by atoms with Gasteiger partial charge in [0.1, 0.15) is 16.6 Å². The number of thiazole rings is 1. The van der Waals surface area contributed by atoms with Crippen LogP contribution in [0.2, 0.25) is 0 Å². The first kappa shape index (κ1) is 19.5. The predicted octanol–water partition coefficient (Wildman–Crippen LogP) is 3.68. The molecule has 0 bridgehead atoms. The van der Waals surface area contributed by atoms with Crippen molar-refractivity contribution in [2.45, 2.75) is 6.42 Å². The van der Waals surface area contributed by atoms with Crippen LogP contribution in [0, 0.1) is 5.82 Å². The fourth-order valence-corrected chi connectivity index (χ4v) is 3.19. The number of carbonyl (C=O) groups is 2. The minimum absolute atomic E-state index is 0.0418. The summed E-state index contributed by atoms with van der Waals surface area (Å²) >= 11 is 1.41. The normalized spacial score (nSPS) is 10.4. The van der Waals surface area contributed by atoms with Gasteiger partial charge in [-0.05, 0) is 42.5 Å². The highest BCUT2D eigenvalue weighted by molar-refractivity contribution is 7.13. The van der Waals surface area contributed by atoms with Crippen molar-refractivity contribution >= 4 is 28.9 Å². The van der Waals surface area contributed by atoms with Crippen molar-refractivity contribution in [2.75, 3.05) is 19.0 Å². The van der Waals surface area contributed by atoms with Gasteiger partial charge in [-0.2, -0.15) is 0 Å². The maximum Gasteiger partial charge on any atom is 0.312 e. The number of nitrogens with one attached hydrogen (secondary N) is 1. The summed E-state index contributed by atoms with van der Waals surface area (Å²) in [6.45, 7) is -0.454. The van der Waals surface area contributed by atoms with Crippen molar-refractivity contribution in [3.63, 3.8) is 0 Å². The van der Waals surface area contributed by atoms with Crippen LogP contribution in [0.15, 0.2) is 53.9 Å². The average Bonchev–Trinajstić information content (AvgIpc) is 3.15. The van der Waals surface area contributed by atoms with E-state index >= 15 is 0 Å². The Morgan fingerprint density at radius 3 is 2.68 bits per heavy atom. The van der Waals surface area contributed by atoms with Crippen molar-refractivity contribution in [1.82, 2.24) is 4.98 Å². The molecule has 3 aromatic rings. The lowest BCUT2D eigenvalue weighted by Gasteiger charge is -2.06. The second-order valence-electron chi connectivity index (χ2n) is 5.77. The van der Waals surface area contributed by atoms with Gasteiger partial charge >= 0.3 is 5.97 Å². The van der Waals surface area contributed by atoms with E-state index in [2.05, 4.69) is 10.3 Å². The van der Waals surface area contributed by atoms with Gasteiger partial charge in [0.15, 0.2) is 6.61 Å². The monoisotopic (exact) mass is 400 g/mol. The summed E-state index contributed by atoms with van der Waals surface area (Å²) in [7, 11) is 1.60. The third-order valence-electron chi connectivity index (χ3n) is 3.69. The van der Waals surface area contributed by atoms with Crippen LogP contribution in [0.3, 0.4) is 0 Å². The molecule has 0 atom stereocenters. The third kappa shape index (κ3) is 5.37. The summed E-state index contributed by atoms with van der Waals surface area (Å²) in [6, 6.07) is 12.9. The van der Waals surface area contributed by atoms with Gasteiger partial charge in [0.05, 0.1) is 19.2 Å². The first-order chi connectivity index (χ1) is 13.5. The van der Waals surface area contributed by atoms with Crippen molar-refractivity contribution in [3.8, 4) is 16.3 Å². The molecular weight excluding hydrogens is 383 g/mol. The van der Waals surface area contributed by atoms with Crippen LogP contribution in [-0.2, 0) is 20.7 Å². The van der Waals surface area contributed by atoms with Crippen molar-refractivity contribution in [1.29, 1.82) is 0 Å². The van der Waals surface area contributed by atoms with Crippen LogP contribution in [0.25, 0.3) is 10.6 Å². The van der Waals surface area contributed by atoms with Gasteiger partial charge in [-0.25, -0.2) is 9.37 Å². The van der Waals surface area contributed by atoms with Crippen molar-refractivity contribution < 1.29 is 23.5 Å². The molecule has 0 radical (unpaired) electrons. The molecule has 1 heterocycles. The van der Waals surface area contributed by atoms with E-state index in [1.807, 2.05) is 24.3 Å². The van der Waals surface area contributed by atoms with Crippen LogP contribution in [-0.4, -0.2) is 30.6 Å². The molecule has 6 nitrogen and oxygen atoms in total. The number of anilines is 1. The van der Waals surface area contributed by atoms with Gasteiger partial charge in [-0.15, -0.1) is 11.3 Å². The molecule has 0 aliphatic carbocycles. The number of benzene rings is 2. The molecule has 0 unspecified atom stereocenters. The van der Waals surface area contributed by atoms with Crippen LogP contribution in [0.4, 0.5) is 10.1 Å². The van der Waals surface area contributed by atoms with E-state index in [1.165, 1.54) is 29.5 Å². The van der Waals surface area contributed by atoms with Crippen LogP contribution < -0.4 is 10.1 Å². The molecule has 0 fully saturated rings. The molecule has 8 heteroatoms. The minimum atomic E-state index is -0.569. The second-order valence-corrected chi connectivity index (χ2v) is 6.63. The topological polar surface area (TPSA) is 77.5 Å². The Labute approximate surface area is 164 Å². The van der Waals surface area contributed by atoms with Crippen LogP contribution in [0.1, 0.15) is 5.69 Å². The summed E-state index contributed by atoms with van der Waals surface area (Å²) in [5, 5.41) is 5.00. The van der Waals surface area contributed by atoms with Crippen molar-refractivity contribution in [3.05, 3.63) is 65.4 Å². The molecule has 0 aliphatic heterocycles. The fraction of sp³-hybridized carbons (Fsp3) is 0.150. The lowest BCUT2D eigenvalue weighted by Crippen LogP contribution is -2.21. The summed E-state index contributed by atoms with van der Waals surface area (Å²) < 4.78 is 23.2. The maximum atomic E-state index is 13.1. The quantitative estimate of drug-likeness (QED) is 0.612. The summed E-state index contributed by atoms with van der Waals surface area (Å²) in [5.41, 5.74) is 1.77. The van der Waals surface area contributed by atoms with Gasteiger partial charge in [0.2, 0.25) is 0 Å². The smallest absolute Gasteiger partial charge is 0.312 e. The van der Waals surface area contributed by atoms with E-state index in [0.717, 1.165) is 16.3 Å². The summed E-state index contributed by atoms with van der Waals surface area (Å²) in [5.74, 6) is -0.830.